The van der Waals surface area contributed by atoms with Gasteiger partial charge in [0.15, 0.2) is 0 Å². The predicted molar refractivity (Wildman–Crippen MR) is 115 cm³/mol. The Morgan fingerprint density at radius 3 is 1.93 bits per heavy atom. The molecule has 2 aromatic heterocycles. The van der Waals surface area contributed by atoms with Gasteiger partial charge in [-0.05, 0) is 62.2 Å². The van der Waals surface area contributed by atoms with Crippen molar-refractivity contribution in [1.29, 1.82) is 0 Å². The zero-order chi connectivity index (χ0) is 20.7. The lowest BCUT2D eigenvalue weighted by atomic mass is 10.2. The molecule has 0 bridgehead atoms. The minimum absolute atomic E-state index is 0.213. The zero-order valence-corrected chi connectivity index (χ0v) is 16.6. The first-order chi connectivity index (χ1) is 13.8. The van der Waals surface area contributed by atoms with E-state index in [1.165, 1.54) is 9.36 Å². The van der Waals surface area contributed by atoms with E-state index in [9.17, 15) is 9.59 Å². The van der Waals surface area contributed by atoms with E-state index in [0.29, 0.717) is 21.8 Å². The molecule has 4 rings (SSSR count). The van der Waals surface area contributed by atoms with Crippen LogP contribution in [0.2, 0.25) is 0 Å². The van der Waals surface area contributed by atoms with E-state index >= 15 is 0 Å². The average molecular weight is 386 g/mol. The Labute approximate surface area is 167 Å². The maximum atomic E-state index is 13.0. The topological polar surface area (TPSA) is 75.6 Å². The Morgan fingerprint density at radius 2 is 1.38 bits per heavy atom. The number of hydrogen-bond donors (Lipinski definition) is 2. The van der Waals surface area contributed by atoms with Crippen LogP contribution in [0.3, 0.4) is 0 Å². The van der Waals surface area contributed by atoms with Crippen LogP contribution in [0.5, 0.6) is 0 Å². The lowest BCUT2D eigenvalue weighted by Gasteiger charge is -2.02. The number of benzene rings is 2. The van der Waals surface area contributed by atoms with E-state index in [-0.39, 0.29) is 11.1 Å². The van der Waals surface area contributed by atoms with Gasteiger partial charge in [0.05, 0.1) is 27.5 Å². The van der Waals surface area contributed by atoms with Crippen molar-refractivity contribution >= 4 is 12.7 Å². The first kappa shape index (κ1) is 18.6. The SMILES string of the molecule is C=c1[nH]n(-c2cccc(C)c2)c(=O)/c1=C\c1c(C)[nH]n(-c2cccc(C)c2)c1=O. The third-order valence-corrected chi connectivity index (χ3v) is 4.93. The van der Waals surface area contributed by atoms with Gasteiger partial charge in [-0.25, -0.2) is 9.36 Å². The second kappa shape index (κ2) is 6.98. The summed E-state index contributed by atoms with van der Waals surface area (Å²) >= 11 is 0. The van der Waals surface area contributed by atoms with Crippen LogP contribution in [0.4, 0.5) is 0 Å². The zero-order valence-electron chi connectivity index (χ0n) is 16.6. The molecule has 0 unspecified atom stereocenters. The summed E-state index contributed by atoms with van der Waals surface area (Å²) < 4.78 is 2.94. The van der Waals surface area contributed by atoms with Gasteiger partial charge in [-0.2, -0.15) is 0 Å². The Morgan fingerprint density at radius 1 is 0.828 bits per heavy atom. The Hall–Kier alpha value is -3.80. The summed E-state index contributed by atoms with van der Waals surface area (Å²) in [6.45, 7) is 9.71. The highest BCUT2D eigenvalue weighted by molar-refractivity contribution is 5.52. The molecule has 2 N–H and O–H groups in total. The first-order valence-electron chi connectivity index (χ1n) is 9.32. The van der Waals surface area contributed by atoms with Gasteiger partial charge in [0, 0.05) is 5.69 Å². The molecule has 0 amide bonds. The minimum Gasteiger partial charge on any atom is -0.295 e. The largest absolute Gasteiger partial charge is 0.295 e. The molecular formula is C23H22N4O2. The summed E-state index contributed by atoms with van der Waals surface area (Å²) in [6.07, 6.45) is 1.61. The molecule has 0 saturated heterocycles. The molecule has 2 aromatic carbocycles. The smallest absolute Gasteiger partial charge is 0.279 e. The fourth-order valence-electron chi connectivity index (χ4n) is 3.42. The van der Waals surface area contributed by atoms with E-state index in [1.54, 1.807) is 6.08 Å². The number of H-pyrrole nitrogens is 2. The fraction of sp³-hybridized carbons (Fsp3) is 0.130. The maximum absolute atomic E-state index is 13.0. The third-order valence-electron chi connectivity index (χ3n) is 4.93. The number of nitrogens with zero attached hydrogens (tertiary/aromatic N) is 2. The highest BCUT2D eigenvalue weighted by Crippen LogP contribution is 2.10. The van der Waals surface area contributed by atoms with E-state index in [1.807, 2.05) is 69.3 Å². The maximum Gasteiger partial charge on any atom is 0.279 e. The van der Waals surface area contributed by atoms with Crippen molar-refractivity contribution in [1.82, 2.24) is 19.6 Å². The van der Waals surface area contributed by atoms with Crippen molar-refractivity contribution in [3.05, 3.63) is 102 Å². The summed E-state index contributed by atoms with van der Waals surface area (Å²) in [5.41, 5.74) is 4.23. The van der Waals surface area contributed by atoms with Crippen molar-refractivity contribution in [2.45, 2.75) is 20.8 Å². The summed E-state index contributed by atoms with van der Waals surface area (Å²) in [5.74, 6) is 0. The van der Waals surface area contributed by atoms with Crippen molar-refractivity contribution in [3.63, 3.8) is 0 Å². The van der Waals surface area contributed by atoms with E-state index < -0.39 is 0 Å². The van der Waals surface area contributed by atoms with Gasteiger partial charge in [-0.15, -0.1) is 0 Å². The molecule has 0 fully saturated rings. The van der Waals surface area contributed by atoms with Crippen LogP contribution in [0, 0.1) is 20.8 Å². The summed E-state index contributed by atoms with van der Waals surface area (Å²) in [7, 11) is 0. The average Bonchev–Trinajstić information content (AvgIpc) is 3.13. The summed E-state index contributed by atoms with van der Waals surface area (Å²) in [4.78, 5) is 26.0. The van der Waals surface area contributed by atoms with Crippen LogP contribution in [-0.2, 0) is 0 Å². The molecule has 0 radical (unpaired) electrons. The van der Waals surface area contributed by atoms with E-state index in [4.69, 9.17) is 0 Å². The van der Waals surface area contributed by atoms with Crippen molar-refractivity contribution in [2.75, 3.05) is 0 Å². The highest BCUT2D eigenvalue weighted by Gasteiger charge is 2.12. The molecule has 6 heteroatoms. The molecule has 4 aromatic rings. The lowest BCUT2D eigenvalue weighted by Crippen LogP contribution is -2.34. The molecule has 6 nitrogen and oxygen atoms in total. The summed E-state index contributed by atoms with van der Waals surface area (Å²) in [6, 6.07) is 15.3. The standard InChI is InChI=1S/C23H22N4O2/c1-14-7-5-9-18(11-14)26-22(28)20(16(3)24-26)13-21-17(4)25-27(23(21)29)19-10-6-8-15(2)12-19/h5-13,24-25H,3H2,1-2,4H3/b20-13-. The van der Waals surface area contributed by atoms with Crippen LogP contribution in [0.25, 0.3) is 24.0 Å². The van der Waals surface area contributed by atoms with Gasteiger partial charge in [0.1, 0.15) is 0 Å². The Bertz CT molecular complexity index is 1450. The number of rotatable bonds is 3. The minimum atomic E-state index is -0.247. The van der Waals surface area contributed by atoms with Gasteiger partial charge in [-0.1, -0.05) is 30.8 Å². The number of aromatic amines is 2. The number of aromatic nitrogens is 4. The van der Waals surface area contributed by atoms with Crippen LogP contribution in [0.1, 0.15) is 22.4 Å². The molecule has 29 heavy (non-hydrogen) atoms. The lowest BCUT2D eigenvalue weighted by molar-refractivity contribution is 0.834. The van der Waals surface area contributed by atoms with Gasteiger partial charge >= 0.3 is 0 Å². The normalized spacial score (nSPS) is 11.9. The number of hydrogen-bond acceptors (Lipinski definition) is 2. The summed E-state index contributed by atoms with van der Waals surface area (Å²) in [5, 5.41) is 6.92. The molecule has 0 aliphatic rings. The predicted octanol–water partition coefficient (Wildman–Crippen LogP) is 1.81. The fourth-order valence-corrected chi connectivity index (χ4v) is 3.42. The van der Waals surface area contributed by atoms with Gasteiger partial charge in [0.2, 0.25) is 0 Å². The molecule has 0 spiro atoms. The number of aryl methyl sites for hydroxylation is 3. The molecule has 0 aliphatic heterocycles. The van der Waals surface area contributed by atoms with Crippen molar-refractivity contribution in [3.8, 4) is 11.4 Å². The number of nitrogens with one attached hydrogen (secondary N) is 2. The molecule has 2 heterocycles. The van der Waals surface area contributed by atoms with Gasteiger partial charge in [-0.3, -0.25) is 19.8 Å². The van der Waals surface area contributed by atoms with Crippen LogP contribution < -0.4 is 21.7 Å². The van der Waals surface area contributed by atoms with Crippen molar-refractivity contribution in [2.24, 2.45) is 0 Å². The van der Waals surface area contributed by atoms with E-state index in [2.05, 4.69) is 16.8 Å². The van der Waals surface area contributed by atoms with Crippen LogP contribution >= 0.6 is 0 Å². The van der Waals surface area contributed by atoms with Gasteiger partial charge in [0.25, 0.3) is 11.1 Å². The van der Waals surface area contributed by atoms with E-state index in [0.717, 1.165) is 22.5 Å². The van der Waals surface area contributed by atoms with Crippen molar-refractivity contribution < 1.29 is 0 Å². The second-order valence-corrected chi connectivity index (χ2v) is 7.26. The monoisotopic (exact) mass is 386 g/mol. The quantitative estimate of drug-likeness (QED) is 0.563. The second-order valence-electron chi connectivity index (χ2n) is 7.26. The first-order valence-corrected chi connectivity index (χ1v) is 9.32. The van der Waals surface area contributed by atoms with Crippen LogP contribution in [-0.4, -0.2) is 19.6 Å². The molecule has 0 atom stereocenters. The Balaban J connectivity index is 1.90. The Kier molecular flexibility index (Phi) is 4.47. The van der Waals surface area contributed by atoms with Crippen LogP contribution in [0.15, 0.2) is 58.1 Å². The molecule has 0 saturated carbocycles. The van der Waals surface area contributed by atoms with Gasteiger partial charge < -0.3 is 0 Å². The third kappa shape index (κ3) is 3.29. The molecule has 0 aliphatic carbocycles. The molecule has 146 valence electrons. The molecular weight excluding hydrogens is 364 g/mol. The highest BCUT2D eigenvalue weighted by atomic mass is 16.1.